The Balaban J connectivity index is 2.53. The molecular weight excluding hydrogens is 208 g/mol. The zero-order valence-corrected chi connectivity index (χ0v) is 8.93. The number of oxazole rings is 1. The number of nitrogens with zero attached hydrogens (tertiary/aromatic N) is 2. The van der Waals surface area contributed by atoms with Gasteiger partial charge in [0.15, 0.2) is 0 Å². The van der Waals surface area contributed by atoms with Crippen LogP contribution in [0.5, 0.6) is 0 Å². The minimum atomic E-state index is -0.424. The minimum absolute atomic E-state index is 0.0471. The molecular formula is C11H10N2O3. The molecule has 0 amide bonds. The molecule has 82 valence electrons. The van der Waals surface area contributed by atoms with E-state index < -0.39 is 4.92 Å². The van der Waals surface area contributed by atoms with Crippen LogP contribution in [0, 0.1) is 24.0 Å². The number of nitro groups is 1. The highest BCUT2D eigenvalue weighted by molar-refractivity contribution is 5.59. The fourth-order valence-electron chi connectivity index (χ4n) is 1.48. The number of non-ortho nitro benzene ring substituents is 1. The van der Waals surface area contributed by atoms with Gasteiger partial charge < -0.3 is 4.42 Å². The van der Waals surface area contributed by atoms with Gasteiger partial charge >= 0.3 is 0 Å². The molecule has 5 nitrogen and oxygen atoms in total. The summed E-state index contributed by atoms with van der Waals surface area (Å²) in [6, 6.07) is 4.77. The molecule has 1 heterocycles. The summed E-state index contributed by atoms with van der Waals surface area (Å²) in [4.78, 5) is 14.3. The smallest absolute Gasteiger partial charge is 0.270 e. The molecule has 0 unspecified atom stereocenters. The SMILES string of the molecule is Cc1cc(-c2ncc(C)o2)cc([N+](=O)[O-])c1. The summed E-state index contributed by atoms with van der Waals surface area (Å²) in [5, 5.41) is 10.7. The number of hydrogen-bond acceptors (Lipinski definition) is 4. The first kappa shape index (κ1) is 10.4. The van der Waals surface area contributed by atoms with Gasteiger partial charge in [-0.05, 0) is 25.5 Å². The van der Waals surface area contributed by atoms with Crippen molar-refractivity contribution in [1.29, 1.82) is 0 Å². The minimum Gasteiger partial charge on any atom is -0.441 e. The van der Waals surface area contributed by atoms with E-state index in [0.29, 0.717) is 17.2 Å². The third-order valence-electron chi connectivity index (χ3n) is 2.14. The third kappa shape index (κ3) is 1.93. The number of aryl methyl sites for hydroxylation is 2. The Morgan fingerprint density at radius 2 is 2.06 bits per heavy atom. The lowest BCUT2D eigenvalue weighted by molar-refractivity contribution is -0.384. The number of aromatic nitrogens is 1. The van der Waals surface area contributed by atoms with Crippen molar-refractivity contribution in [2.24, 2.45) is 0 Å². The van der Waals surface area contributed by atoms with Gasteiger partial charge in [-0.1, -0.05) is 0 Å². The predicted octanol–water partition coefficient (Wildman–Crippen LogP) is 2.87. The van der Waals surface area contributed by atoms with Crippen LogP contribution in [0.2, 0.25) is 0 Å². The van der Waals surface area contributed by atoms with Crippen LogP contribution < -0.4 is 0 Å². The Bertz CT molecular complexity index is 546. The molecule has 0 radical (unpaired) electrons. The fourth-order valence-corrected chi connectivity index (χ4v) is 1.48. The van der Waals surface area contributed by atoms with Crippen LogP contribution in [0.15, 0.2) is 28.8 Å². The molecule has 16 heavy (non-hydrogen) atoms. The summed E-state index contributed by atoms with van der Waals surface area (Å²) in [6.45, 7) is 3.58. The van der Waals surface area contributed by atoms with Crippen molar-refractivity contribution < 1.29 is 9.34 Å². The van der Waals surface area contributed by atoms with Crippen molar-refractivity contribution in [3.8, 4) is 11.5 Å². The summed E-state index contributed by atoms with van der Waals surface area (Å²) >= 11 is 0. The Kier molecular flexibility index (Phi) is 2.44. The number of nitro benzene ring substituents is 1. The first-order chi connectivity index (χ1) is 7.56. The summed E-state index contributed by atoms with van der Waals surface area (Å²) in [7, 11) is 0. The Hall–Kier alpha value is -2.17. The van der Waals surface area contributed by atoms with E-state index >= 15 is 0 Å². The number of hydrogen-bond donors (Lipinski definition) is 0. The van der Waals surface area contributed by atoms with E-state index in [1.807, 2.05) is 0 Å². The van der Waals surface area contributed by atoms with Gasteiger partial charge in [-0.25, -0.2) is 4.98 Å². The molecule has 2 rings (SSSR count). The van der Waals surface area contributed by atoms with Crippen molar-refractivity contribution in [2.75, 3.05) is 0 Å². The van der Waals surface area contributed by atoms with E-state index in [0.717, 1.165) is 5.56 Å². The van der Waals surface area contributed by atoms with E-state index in [1.165, 1.54) is 12.1 Å². The van der Waals surface area contributed by atoms with E-state index in [9.17, 15) is 10.1 Å². The molecule has 0 saturated carbocycles. The molecule has 0 fully saturated rings. The normalized spacial score (nSPS) is 10.4. The summed E-state index contributed by atoms with van der Waals surface area (Å²) in [6.07, 6.45) is 1.59. The molecule has 0 aliphatic heterocycles. The van der Waals surface area contributed by atoms with Gasteiger partial charge in [-0.15, -0.1) is 0 Å². The molecule has 5 heteroatoms. The lowest BCUT2D eigenvalue weighted by atomic mass is 10.1. The molecule has 2 aromatic rings. The molecule has 0 spiro atoms. The summed E-state index contributed by atoms with van der Waals surface area (Å²) in [5.41, 5.74) is 1.48. The average molecular weight is 218 g/mol. The monoisotopic (exact) mass is 218 g/mol. The standard InChI is InChI=1S/C11H10N2O3/c1-7-3-9(5-10(4-7)13(14)15)11-12-6-8(2)16-11/h3-6H,1-2H3. The Morgan fingerprint density at radius 3 is 2.62 bits per heavy atom. The van der Waals surface area contributed by atoms with Crippen LogP contribution in [-0.2, 0) is 0 Å². The molecule has 0 saturated heterocycles. The van der Waals surface area contributed by atoms with E-state index in [1.54, 1.807) is 26.1 Å². The highest BCUT2D eigenvalue weighted by Gasteiger charge is 2.12. The zero-order valence-electron chi connectivity index (χ0n) is 8.93. The van der Waals surface area contributed by atoms with Crippen LogP contribution in [0.4, 0.5) is 5.69 Å². The topological polar surface area (TPSA) is 69.2 Å². The largest absolute Gasteiger partial charge is 0.441 e. The van der Waals surface area contributed by atoms with Crippen LogP contribution in [0.25, 0.3) is 11.5 Å². The molecule has 0 N–H and O–H groups in total. The van der Waals surface area contributed by atoms with Gasteiger partial charge in [-0.3, -0.25) is 10.1 Å². The second-order valence-corrected chi connectivity index (χ2v) is 3.59. The van der Waals surface area contributed by atoms with Crippen LogP contribution in [-0.4, -0.2) is 9.91 Å². The Morgan fingerprint density at radius 1 is 1.31 bits per heavy atom. The lowest BCUT2D eigenvalue weighted by Gasteiger charge is -1.98. The summed E-state index contributed by atoms with van der Waals surface area (Å²) in [5.74, 6) is 1.09. The van der Waals surface area contributed by atoms with Crippen molar-refractivity contribution in [3.05, 3.63) is 45.8 Å². The molecule has 0 atom stereocenters. The van der Waals surface area contributed by atoms with Gasteiger partial charge in [0.25, 0.3) is 5.69 Å². The third-order valence-corrected chi connectivity index (χ3v) is 2.14. The van der Waals surface area contributed by atoms with Crippen LogP contribution >= 0.6 is 0 Å². The van der Waals surface area contributed by atoms with Gasteiger partial charge in [0, 0.05) is 17.7 Å². The van der Waals surface area contributed by atoms with E-state index in [2.05, 4.69) is 4.98 Å². The maximum Gasteiger partial charge on any atom is 0.270 e. The first-order valence-electron chi connectivity index (χ1n) is 4.75. The van der Waals surface area contributed by atoms with Crippen molar-refractivity contribution in [1.82, 2.24) is 4.98 Å². The molecule has 1 aromatic heterocycles. The van der Waals surface area contributed by atoms with E-state index in [4.69, 9.17) is 4.42 Å². The van der Waals surface area contributed by atoms with Gasteiger partial charge in [0.05, 0.1) is 11.1 Å². The molecule has 0 bridgehead atoms. The zero-order chi connectivity index (χ0) is 11.7. The van der Waals surface area contributed by atoms with Gasteiger partial charge in [0.1, 0.15) is 5.76 Å². The van der Waals surface area contributed by atoms with Crippen molar-refractivity contribution >= 4 is 5.69 Å². The first-order valence-corrected chi connectivity index (χ1v) is 4.75. The van der Waals surface area contributed by atoms with E-state index in [-0.39, 0.29) is 5.69 Å². The van der Waals surface area contributed by atoms with Gasteiger partial charge in [0.2, 0.25) is 5.89 Å². The molecule has 0 aliphatic rings. The second-order valence-electron chi connectivity index (χ2n) is 3.59. The Labute approximate surface area is 91.9 Å². The second kappa shape index (κ2) is 3.77. The maximum absolute atomic E-state index is 10.7. The average Bonchev–Trinajstić information content (AvgIpc) is 2.64. The van der Waals surface area contributed by atoms with Crippen LogP contribution in [0.3, 0.4) is 0 Å². The number of rotatable bonds is 2. The fraction of sp³-hybridized carbons (Fsp3) is 0.182. The molecule has 0 aliphatic carbocycles. The van der Waals surface area contributed by atoms with Gasteiger partial charge in [-0.2, -0.15) is 0 Å². The number of benzene rings is 1. The highest BCUT2D eigenvalue weighted by atomic mass is 16.6. The molecule has 1 aromatic carbocycles. The summed E-state index contributed by atoms with van der Waals surface area (Å²) < 4.78 is 5.33. The quantitative estimate of drug-likeness (QED) is 0.574. The van der Waals surface area contributed by atoms with Crippen LogP contribution in [0.1, 0.15) is 11.3 Å². The lowest BCUT2D eigenvalue weighted by Crippen LogP contribution is -1.90. The predicted molar refractivity (Wildman–Crippen MR) is 58.1 cm³/mol. The highest BCUT2D eigenvalue weighted by Crippen LogP contribution is 2.25. The van der Waals surface area contributed by atoms with Crippen molar-refractivity contribution in [2.45, 2.75) is 13.8 Å². The van der Waals surface area contributed by atoms with Crippen molar-refractivity contribution in [3.63, 3.8) is 0 Å². The maximum atomic E-state index is 10.7.